The predicted molar refractivity (Wildman–Crippen MR) is 112 cm³/mol. The molecule has 0 saturated heterocycles. The van der Waals surface area contributed by atoms with Crippen molar-refractivity contribution in [1.82, 2.24) is 0 Å². The van der Waals surface area contributed by atoms with Crippen LogP contribution in [0, 0.1) is 5.92 Å². The van der Waals surface area contributed by atoms with Crippen molar-refractivity contribution in [2.24, 2.45) is 11.1 Å². The van der Waals surface area contributed by atoms with E-state index in [1.54, 1.807) is 13.0 Å². The van der Waals surface area contributed by atoms with Gasteiger partial charge in [-0.05, 0) is 66.8 Å². The highest BCUT2D eigenvalue weighted by Gasteiger charge is 2.30. The first-order valence-corrected chi connectivity index (χ1v) is 11.1. The van der Waals surface area contributed by atoms with Gasteiger partial charge in [0, 0.05) is 0 Å². The highest BCUT2D eigenvalue weighted by atomic mass is 31.2. The van der Waals surface area contributed by atoms with Crippen molar-refractivity contribution in [3.05, 3.63) is 70.8 Å². The molecule has 0 radical (unpaired) electrons. The van der Waals surface area contributed by atoms with Crippen LogP contribution < -0.4 is 0 Å². The quantitative estimate of drug-likeness (QED) is 0.302. The van der Waals surface area contributed by atoms with Crippen LogP contribution in [0.15, 0.2) is 53.7 Å². The van der Waals surface area contributed by atoms with Gasteiger partial charge >= 0.3 is 14.8 Å². The summed E-state index contributed by atoms with van der Waals surface area (Å²) in [7, 11) is -2.30. The molecule has 1 aliphatic rings. The smallest absolute Gasteiger partial charge is 0.391 e. The molecule has 2 aromatic carbocycles. The minimum absolute atomic E-state index is 0.0469. The largest absolute Gasteiger partial charge is 0.416 e. The van der Waals surface area contributed by atoms with Crippen molar-refractivity contribution < 1.29 is 32.3 Å². The molecule has 31 heavy (non-hydrogen) atoms. The Balaban J connectivity index is 1.53. The first-order chi connectivity index (χ1) is 14.7. The minimum atomic E-state index is -4.38. The van der Waals surface area contributed by atoms with Gasteiger partial charge in [0.1, 0.15) is 6.61 Å². The number of rotatable bonds is 8. The summed E-state index contributed by atoms with van der Waals surface area (Å²) in [4.78, 5) is 23.0. The Labute approximate surface area is 180 Å². The molecule has 168 valence electrons. The predicted octanol–water partition coefficient (Wildman–Crippen LogP) is 5.76. The molecule has 2 atom stereocenters. The maximum Gasteiger partial charge on any atom is 0.416 e. The second kappa shape index (κ2) is 10.6. The van der Waals surface area contributed by atoms with E-state index in [2.05, 4.69) is 5.16 Å². The lowest BCUT2D eigenvalue weighted by atomic mass is 9.95. The van der Waals surface area contributed by atoms with Gasteiger partial charge in [0.2, 0.25) is 0 Å². The first kappa shape index (κ1) is 23.7. The van der Waals surface area contributed by atoms with Gasteiger partial charge in [-0.2, -0.15) is 13.2 Å². The average Bonchev–Trinajstić information content (AvgIpc) is 3.21. The van der Waals surface area contributed by atoms with E-state index in [-0.39, 0.29) is 6.61 Å². The van der Waals surface area contributed by atoms with E-state index in [9.17, 15) is 13.2 Å². The molecule has 0 amide bonds. The van der Waals surface area contributed by atoms with Gasteiger partial charge in [0.05, 0.1) is 17.9 Å². The van der Waals surface area contributed by atoms with E-state index >= 15 is 0 Å². The van der Waals surface area contributed by atoms with Gasteiger partial charge in [-0.25, -0.2) is 0 Å². The van der Waals surface area contributed by atoms with Crippen LogP contribution in [0.1, 0.15) is 54.4 Å². The van der Waals surface area contributed by atoms with Crippen molar-refractivity contribution in [3.8, 4) is 0 Å². The third kappa shape index (κ3) is 7.01. The molecule has 0 aliphatic heterocycles. The van der Waals surface area contributed by atoms with Crippen LogP contribution in [0.25, 0.3) is 0 Å². The lowest BCUT2D eigenvalue weighted by Crippen LogP contribution is -2.05. The van der Waals surface area contributed by atoms with E-state index < -0.39 is 20.3 Å². The van der Waals surface area contributed by atoms with Crippen LogP contribution >= 0.6 is 8.60 Å². The zero-order chi connectivity index (χ0) is 22.4. The summed E-state index contributed by atoms with van der Waals surface area (Å²) >= 11 is 0. The number of nitrogens with zero attached hydrogens (tertiary/aromatic N) is 1. The average molecular weight is 455 g/mol. The Morgan fingerprint density at radius 3 is 2.55 bits per heavy atom. The Bertz CT molecular complexity index is 887. The summed E-state index contributed by atoms with van der Waals surface area (Å²) in [5, 5.41) is 4.03. The summed E-state index contributed by atoms with van der Waals surface area (Å²) < 4.78 is 43.3. The molecular weight excluding hydrogens is 430 g/mol. The summed E-state index contributed by atoms with van der Waals surface area (Å²) in [5.41, 5.74) is 2.40. The Kier molecular flexibility index (Phi) is 8.06. The molecule has 0 spiro atoms. The van der Waals surface area contributed by atoms with E-state index in [0.717, 1.165) is 37.0 Å². The summed E-state index contributed by atoms with van der Waals surface area (Å²) in [6.45, 7) is 2.10. The maximum absolute atomic E-state index is 12.8. The summed E-state index contributed by atoms with van der Waals surface area (Å²) in [6.07, 6.45) is -1.44. The normalized spacial score (nSPS) is 19.8. The second-order valence-corrected chi connectivity index (χ2v) is 8.46. The summed E-state index contributed by atoms with van der Waals surface area (Å²) in [5.74, 6) is 0.724. The van der Waals surface area contributed by atoms with Crippen LogP contribution in [0.4, 0.5) is 13.2 Å². The topological polar surface area (TPSA) is 71.3 Å². The van der Waals surface area contributed by atoms with Crippen molar-refractivity contribution in [3.63, 3.8) is 0 Å². The van der Waals surface area contributed by atoms with Gasteiger partial charge in [-0.3, -0.25) is 0 Å². The highest BCUT2D eigenvalue weighted by Crippen LogP contribution is 2.40. The van der Waals surface area contributed by atoms with Crippen LogP contribution in [-0.4, -0.2) is 22.1 Å². The van der Waals surface area contributed by atoms with Crippen LogP contribution in [0.2, 0.25) is 0 Å². The molecule has 0 heterocycles. The van der Waals surface area contributed by atoms with Crippen molar-refractivity contribution >= 4 is 14.3 Å². The molecule has 2 N–H and O–H groups in total. The first-order valence-electron chi connectivity index (χ1n) is 9.96. The number of hydrogen-bond donors (Lipinski definition) is 2. The van der Waals surface area contributed by atoms with Crippen molar-refractivity contribution in [2.45, 2.75) is 44.9 Å². The van der Waals surface area contributed by atoms with E-state index in [0.29, 0.717) is 29.7 Å². The fraction of sp³-hybridized carbons (Fsp3) is 0.409. The van der Waals surface area contributed by atoms with Crippen molar-refractivity contribution in [1.29, 1.82) is 0 Å². The molecule has 3 rings (SSSR count). The van der Waals surface area contributed by atoms with Gasteiger partial charge in [-0.1, -0.05) is 41.6 Å². The molecule has 1 fully saturated rings. The molecular formula is C22H25F3NO4P. The SMILES string of the molecule is C/C(=N\OCc1cccc(C(F)(F)F)c1)c1ccc(C2CCC(COP(O)O)C2)cc1. The molecule has 0 aromatic heterocycles. The van der Waals surface area contributed by atoms with E-state index in [1.165, 1.54) is 11.6 Å². The number of hydrogen-bond acceptors (Lipinski definition) is 5. The molecule has 1 aliphatic carbocycles. The van der Waals surface area contributed by atoms with Crippen molar-refractivity contribution in [2.75, 3.05) is 6.61 Å². The van der Waals surface area contributed by atoms with Gasteiger partial charge in [-0.15, -0.1) is 0 Å². The van der Waals surface area contributed by atoms with Gasteiger partial charge in [0.15, 0.2) is 0 Å². The van der Waals surface area contributed by atoms with Gasteiger partial charge < -0.3 is 19.1 Å². The lowest BCUT2D eigenvalue weighted by Gasteiger charge is -2.13. The zero-order valence-corrected chi connectivity index (χ0v) is 17.9. The molecule has 0 bridgehead atoms. The molecule has 2 unspecified atom stereocenters. The fourth-order valence-corrected chi connectivity index (χ4v) is 4.14. The third-order valence-electron chi connectivity index (χ3n) is 5.45. The Hall–Kier alpha value is -1.99. The standard InChI is InChI=1S/C22H25F3NO4P/c1-15(26-29-13-16-3-2-4-21(12-16)22(23,24)25)18-7-9-19(10-8-18)20-6-5-17(11-20)14-30-31(27)28/h2-4,7-10,12,17,20,27-28H,5-6,11,13-14H2,1H3/b26-15+. The number of benzene rings is 2. The van der Waals surface area contributed by atoms with Crippen LogP contribution in [0.3, 0.4) is 0 Å². The summed E-state index contributed by atoms with van der Waals surface area (Å²) in [6, 6.07) is 13.0. The third-order valence-corrected chi connectivity index (χ3v) is 5.83. The van der Waals surface area contributed by atoms with Gasteiger partial charge in [0.25, 0.3) is 0 Å². The Morgan fingerprint density at radius 2 is 1.87 bits per heavy atom. The molecule has 5 nitrogen and oxygen atoms in total. The lowest BCUT2D eigenvalue weighted by molar-refractivity contribution is -0.137. The van der Waals surface area contributed by atoms with Crippen LogP contribution in [0.5, 0.6) is 0 Å². The second-order valence-electron chi connectivity index (χ2n) is 7.69. The number of alkyl halides is 3. The highest BCUT2D eigenvalue weighted by molar-refractivity contribution is 7.39. The minimum Gasteiger partial charge on any atom is -0.391 e. The fourth-order valence-electron chi connectivity index (χ4n) is 3.79. The molecule has 9 heteroatoms. The zero-order valence-electron chi connectivity index (χ0n) is 17.0. The van der Waals surface area contributed by atoms with E-state index in [4.69, 9.17) is 19.1 Å². The monoisotopic (exact) mass is 455 g/mol. The molecule has 2 aromatic rings. The maximum atomic E-state index is 12.8. The van der Waals surface area contributed by atoms with E-state index in [1.807, 2.05) is 24.3 Å². The Morgan fingerprint density at radius 1 is 1.13 bits per heavy atom. The molecule has 1 saturated carbocycles. The number of oxime groups is 1. The number of halogens is 3. The van der Waals surface area contributed by atoms with Crippen LogP contribution in [-0.2, 0) is 22.1 Å².